The van der Waals surface area contributed by atoms with Crippen molar-refractivity contribution in [1.29, 1.82) is 0 Å². The smallest absolute Gasteiger partial charge is 0.410 e. The zero-order valence-corrected chi connectivity index (χ0v) is 23.8. The second-order valence-electron chi connectivity index (χ2n) is 12.3. The summed E-state index contributed by atoms with van der Waals surface area (Å²) in [5, 5.41) is 5.87. The van der Waals surface area contributed by atoms with E-state index in [4.69, 9.17) is 9.72 Å². The van der Waals surface area contributed by atoms with Crippen molar-refractivity contribution in [2.24, 2.45) is 0 Å². The third-order valence-corrected chi connectivity index (χ3v) is 8.17. The number of nitrogens with zero attached hydrogens (tertiary/aromatic N) is 3. The van der Waals surface area contributed by atoms with Crippen molar-refractivity contribution >= 4 is 27.9 Å². The molecule has 0 spiro atoms. The lowest BCUT2D eigenvalue weighted by molar-refractivity contribution is 0.0218. The fourth-order valence-electron chi connectivity index (χ4n) is 6.13. The highest BCUT2D eigenvalue weighted by molar-refractivity contribution is 5.91. The number of likely N-dealkylation sites (tertiary alicyclic amines) is 1. The molecule has 5 aromatic rings. The predicted molar refractivity (Wildman–Crippen MR) is 162 cm³/mol. The number of amides is 1. The van der Waals surface area contributed by atoms with Crippen LogP contribution >= 0.6 is 0 Å². The molecule has 41 heavy (non-hydrogen) atoms. The molecule has 0 radical (unpaired) electrons. The number of aromatic amines is 2. The molecular weight excluding hydrogens is 512 g/mol. The second kappa shape index (κ2) is 10.0. The van der Waals surface area contributed by atoms with Crippen LogP contribution in [-0.4, -0.2) is 49.6 Å². The number of aromatic nitrogens is 4. The van der Waals surface area contributed by atoms with Gasteiger partial charge >= 0.3 is 6.09 Å². The molecule has 4 heterocycles. The van der Waals surface area contributed by atoms with E-state index >= 15 is 0 Å². The van der Waals surface area contributed by atoms with Crippen molar-refractivity contribution in [1.82, 2.24) is 30.2 Å². The minimum atomic E-state index is -0.522. The number of fused-ring (bicyclic) bond motifs is 2. The highest BCUT2D eigenvalue weighted by atomic mass is 16.6. The first-order valence-electron chi connectivity index (χ1n) is 14.6. The van der Waals surface area contributed by atoms with Gasteiger partial charge in [-0.15, -0.1) is 0 Å². The van der Waals surface area contributed by atoms with Gasteiger partial charge in [-0.3, -0.25) is 4.90 Å². The number of rotatable bonds is 4. The van der Waals surface area contributed by atoms with Gasteiger partial charge in [-0.05, 0) is 99.2 Å². The molecule has 2 aliphatic rings. The standard InChI is InChI=1S/C33H36N6O2/c1-33(2,3)41-32(40)39-15-5-7-29(39)31-35-19-28(38-31)24-11-10-20-16-21(8-9-22(20)17-24)23-12-13-25-27(18-23)37-30(36-25)26-6-4-14-34-26/h8-13,16-19,26,29,34H,4-7,14-15H2,1-3H3,(H,35,38)(H,36,37)/t26-,29-/m0/s1. The minimum absolute atomic E-state index is 0.0978. The largest absolute Gasteiger partial charge is 0.444 e. The molecule has 2 aromatic heterocycles. The van der Waals surface area contributed by atoms with Gasteiger partial charge in [0.15, 0.2) is 0 Å². The summed E-state index contributed by atoms with van der Waals surface area (Å²) in [5.41, 5.74) is 5.91. The van der Waals surface area contributed by atoms with Crippen LogP contribution in [0.1, 0.15) is 70.2 Å². The molecular formula is C33H36N6O2. The Balaban J connectivity index is 1.12. The van der Waals surface area contributed by atoms with Gasteiger partial charge in [0, 0.05) is 12.1 Å². The van der Waals surface area contributed by atoms with E-state index in [1.807, 2.05) is 27.0 Å². The predicted octanol–water partition coefficient (Wildman–Crippen LogP) is 7.27. The SMILES string of the molecule is CC(C)(C)OC(=O)N1CCC[C@H]1c1ncc(-c2ccc3cc(-c4ccc5nc([C@@H]6CCCN6)[nH]c5c4)ccc3c2)[nH]1. The molecule has 3 N–H and O–H groups in total. The Labute approximate surface area is 239 Å². The van der Waals surface area contributed by atoms with Crippen LogP contribution in [0.5, 0.6) is 0 Å². The van der Waals surface area contributed by atoms with E-state index in [0.717, 1.165) is 65.1 Å². The summed E-state index contributed by atoms with van der Waals surface area (Å²) < 4.78 is 5.64. The number of hydrogen-bond acceptors (Lipinski definition) is 5. The molecule has 7 rings (SSSR count). The van der Waals surface area contributed by atoms with E-state index in [9.17, 15) is 4.79 Å². The maximum Gasteiger partial charge on any atom is 0.410 e. The Bertz CT molecular complexity index is 1740. The number of nitrogens with one attached hydrogen (secondary N) is 3. The number of carbonyl (C=O) groups is 1. The molecule has 2 saturated heterocycles. The molecule has 0 unspecified atom stereocenters. The summed E-state index contributed by atoms with van der Waals surface area (Å²) in [6.45, 7) is 7.42. The van der Waals surface area contributed by atoms with Gasteiger partial charge in [-0.1, -0.05) is 30.3 Å². The van der Waals surface area contributed by atoms with Crippen LogP contribution < -0.4 is 5.32 Å². The number of ether oxygens (including phenoxy) is 1. The third kappa shape index (κ3) is 5.08. The highest BCUT2D eigenvalue weighted by Gasteiger charge is 2.34. The summed E-state index contributed by atoms with van der Waals surface area (Å²) >= 11 is 0. The summed E-state index contributed by atoms with van der Waals surface area (Å²) in [5.74, 6) is 1.84. The van der Waals surface area contributed by atoms with Crippen LogP contribution in [0.25, 0.3) is 44.2 Å². The van der Waals surface area contributed by atoms with Gasteiger partial charge in [0.05, 0.1) is 35.0 Å². The van der Waals surface area contributed by atoms with Crippen molar-refractivity contribution in [2.45, 2.75) is 64.1 Å². The Morgan fingerprint density at radius 3 is 2.44 bits per heavy atom. The number of hydrogen-bond donors (Lipinski definition) is 3. The maximum atomic E-state index is 12.8. The minimum Gasteiger partial charge on any atom is -0.444 e. The Hall–Kier alpha value is -4.17. The van der Waals surface area contributed by atoms with Crippen LogP contribution in [0.15, 0.2) is 60.8 Å². The lowest BCUT2D eigenvalue weighted by Gasteiger charge is -2.27. The molecule has 8 heteroatoms. The summed E-state index contributed by atoms with van der Waals surface area (Å²) in [6.07, 6.45) is 5.72. The summed E-state index contributed by atoms with van der Waals surface area (Å²) in [4.78, 5) is 31.1. The summed E-state index contributed by atoms with van der Waals surface area (Å²) in [7, 11) is 0. The number of benzene rings is 3. The van der Waals surface area contributed by atoms with E-state index in [2.05, 4.69) is 74.9 Å². The van der Waals surface area contributed by atoms with Crippen molar-refractivity contribution in [3.05, 3.63) is 72.4 Å². The first-order chi connectivity index (χ1) is 19.8. The number of carbonyl (C=O) groups excluding carboxylic acids is 1. The summed E-state index contributed by atoms with van der Waals surface area (Å²) in [6, 6.07) is 19.8. The Morgan fingerprint density at radius 1 is 0.902 bits per heavy atom. The van der Waals surface area contributed by atoms with Gasteiger partial charge in [0.25, 0.3) is 0 Å². The molecule has 0 saturated carbocycles. The molecule has 0 bridgehead atoms. The van der Waals surface area contributed by atoms with Gasteiger partial charge in [0.2, 0.25) is 0 Å². The fraction of sp³-hybridized carbons (Fsp3) is 0.364. The van der Waals surface area contributed by atoms with E-state index in [1.165, 1.54) is 22.9 Å². The highest BCUT2D eigenvalue weighted by Crippen LogP contribution is 2.34. The van der Waals surface area contributed by atoms with E-state index in [-0.39, 0.29) is 12.1 Å². The van der Waals surface area contributed by atoms with Crippen molar-refractivity contribution in [2.75, 3.05) is 13.1 Å². The monoisotopic (exact) mass is 548 g/mol. The number of imidazole rings is 2. The van der Waals surface area contributed by atoms with E-state index in [1.54, 1.807) is 4.90 Å². The van der Waals surface area contributed by atoms with Gasteiger partial charge in [-0.25, -0.2) is 14.8 Å². The van der Waals surface area contributed by atoms with Crippen LogP contribution in [0, 0.1) is 0 Å². The zero-order chi connectivity index (χ0) is 28.1. The van der Waals surface area contributed by atoms with Gasteiger partial charge < -0.3 is 20.0 Å². The van der Waals surface area contributed by atoms with Crippen molar-refractivity contribution in [3.8, 4) is 22.4 Å². The van der Waals surface area contributed by atoms with Gasteiger partial charge in [-0.2, -0.15) is 0 Å². The zero-order valence-electron chi connectivity index (χ0n) is 23.8. The molecule has 3 aromatic carbocycles. The van der Waals surface area contributed by atoms with Crippen LogP contribution in [0.4, 0.5) is 4.79 Å². The fourth-order valence-corrected chi connectivity index (χ4v) is 6.13. The molecule has 1 amide bonds. The third-order valence-electron chi connectivity index (χ3n) is 8.17. The van der Waals surface area contributed by atoms with Crippen LogP contribution in [0.3, 0.4) is 0 Å². The van der Waals surface area contributed by atoms with E-state index < -0.39 is 5.60 Å². The topological polar surface area (TPSA) is 98.9 Å². The van der Waals surface area contributed by atoms with Crippen LogP contribution in [0.2, 0.25) is 0 Å². The molecule has 2 aliphatic heterocycles. The molecule has 2 atom stereocenters. The first-order valence-corrected chi connectivity index (χ1v) is 14.6. The molecule has 0 aliphatic carbocycles. The number of H-pyrrole nitrogens is 2. The quantitative estimate of drug-likeness (QED) is 0.219. The average Bonchev–Trinajstić information content (AvgIpc) is 3.77. The second-order valence-corrected chi connectivity index (χ2v) is 12.3. The average molecular weight is 549 g/mol. The molecule has 210 valence electrons. The lowest BCUT2D eigenvalue weighted by Crippen LogP contribution is -2.36. The first kappa shape index (κ1) is 25.8. The molecule has 2 fully saturated rings. The van der Waals surface area contributed by atoms with E-state index in [0.29, 0.717) is 12.6 Å². The van der Waals surface area contributed by atoms with Crippen LogP contribution in [-0.2, 0) is 4.74 Å². The maximum absolute atomic E-state index is 12.8. The normalized spacial score (nSPS) is 19.4. The lowest BCUT2D eigenvalue weighted by atomic mass is 9.99. The van der Waals surface area contributed by atoms with Gasteiger partial charge in [0.1, 0.15) is 17.2 Å². The van der Waals surface area contributed by atoms with Crippen molar-refractivity contribution in [3.63, 3.8) is 0 Å². The Morgan fingerprint density at radius 2 is 1.66 bits per heavy atom. The Kier molecular flexibility index (Phi) is 6.31. The molecule has 8 nitrogen and oxygen atoms in total. The van der Waals surface area contributed by atoms with Crippen molar-refractivity contribution < 1.29 is 9.53 Å².